The van der Waals surface area contributed by atoms with Crippen LogP contribution in [-0.2, 0) is 16.6 Å². The topological polar surface area (TPSA) is 80.5 Å². The Morgan fingerprint density at radius 2 is 1.87 bits per heavy atom. The number of ketones is 1. The summed E-state index contributed by atoms with van der Waals surface area (Å²) in [7, 11) is -3.91. The number of pyridine rings is 1. The number of rotatable bonds is 4. The van der Waals surface area contributed by atoms with Crippen molar-refractivity contribution < 1.29 is 17.6 Å². The quantitative estimate of drug-likeness (QED) is 0.590. The first-order chi connectivity index (χ1) is 14.4. The molecule has 152 valence electrons. The number of benzene rings is 1. The molecule has 2 aliphatic rings. The molecule has 2 aromatic heterocycles. The van der Waals surface area contributed by atoms with Crippen molar-refractivity contribution in [3.63, 3.8) is 0 Å². The number of aromatic nitrogens is 1. The Kier molecular flexibility index (Phi) is 4.36. The maximum Gasteiger partial charge on any atom is 0.265 e. The first kappa shape index (κ1) is 18.8. The predicted molar refractivity (Wildman–Crippen MR) is 111 cm³/mol. The zero-order valence-electron chi connectivity index (χ0n) is 16.4. The van der Waals surface area contributed by atoms with Crippen molar-refractivity contribution in [2.45, 2.75) is 30.7 Å². The summed E-state index contributed by atoms with van der Waals surface area (Å²) >= 11 is 0. The Bertz CT molecular complexity index is 1260. The number of fused-ring (bicyclic) bond motifs is 1. The van der Waals surface area contributed by atoms with Gasteiger partial charge in [-0.3, -0.25) is 14.1 Å². The van der Waals surface area contributed by atoms with Crippen LogP contribution in [0.25, 0.3) is 6.08 Å². The minimum atomic E-state index is -3.91. The van der Waals surface area contributed by atoms with E-state index in [4.69, 9.17) is 4.42 Å². The average molecular weight is 420 g/mol. The molecule has 6 nitrogen and oxygen atoms in total. The Hall–Kier alpha value is -3.19. The molecule has 0 spiro atoms. The van der Waals surface area contributed by atoms with Gasteiger partial charge in [-0.25, -0.2) is 8.42 Å². The molecule has 0 radical (unpaired) electrons. The van der Waals surface area contributed by atoms with Crippen molar-refractivity contribution in [1.29, 1.82) is 0 Å². The average Bonchev–Trinajstić information content (AvgIpc) is 3.30. The van der Waals surface area contributed by atoms with Gasteiger partial charge in [0.15, 0.2) is 0 Å². The molecule has 2 unspecified atom stereocenters. The highest BCUT2D eigenvalue weighted by molar-refractivity contribution is 7.89. The number of hydrogen-bond donors (Lipinski definition) is 0. The maximum atomic E-state index is 13.4. The fourth-order valence-corrected chi connectivity index (χ4v) is 5.48. The molecule has 0 N–H and O–H groups in total. The number of carbonyl (C=O) groups is 1. The van der Waals surface area contributed by atoms with E-state index in [1.54, 1.807) is 48.8 Å². The summed E-state index contributed by atoms with van der Waals surface area (Å²) in [5.41, 5.74) is 0.992. The van der Waals surface area contributed by atoms with Gasteiger partial charge in [-0.1, -0.05) is 19.1 Å². The standard InChI is InChI=1S/C23H20N2O4S/c1-15-12-19(15)21-7-6-17(29-21)13-20-23(26)18-4-2-3-5-22(18)30(27,28)25(20)14-16-8-10-24-11-9-16/h2-11,13,15,19H,12,14H2,1H3. The van der Waals surface area contributed by atoms with Crippen LogP contribution in [0.2, 0.25) is 0 Å². The summed E-state index contributed by atoms with van der Waals surface area (Å²) < 4.78 is 33.9. The molecular weight excluding hydrogens is 400 g/mol. The number of allylic oxidation sites excluding steroid dienone is 1. The van der Waals surface area contributed by atoms with E-state index in [-0.39, 0.29) is 28.5 Å². The molecule has 1 aliphatic heterocycles. The monoisotopic (exact) mass is 420 g/mol. The molecule has 0 amide bonds. The van der Waals surface area contributed by atoms with E-state index in [0.717, 1.165) is 22.0 Å². The normalized spacial score (nSPS) is 23.4. The molecule has 1 aromatic carbocycles. The predicted octanol–water partition coefficient (Wildman–Crippen LogP) is 4.23. The lowest BCUT2D eigenvalue weighted by molar-refractivity contribution is 0.100. The number of nitrogens with zero attached hydrogens (tertiary/aromatic N) is 2. The van der Waals surface area contributed by atoms with Gasteiger partial charge in [0.05, 0.1) is 11.4 Å². The zero-order valence-corrected chi connectivity index (χ0v) is 17.2. The molecule has 1 saturated carbocycles. The SMILES string of the molecule is CC1CC1c1ccc(C=C2C(=O)c3ccccc3S(=O)(=O)N2Cc2ccncc2)o1. The lowest BCUT2D eigenvalue weighted by Gasteiger charge is -2.31. The molecule has 3 heterocycles. The van der Waals surface area contributed by atoms with Gasteiger partial charge in [0, 0.05) is 30.0 Å². The fraction of sp³-hybridized carbons (Fsp3) is 0.217. The van der Waals surface area contributed by atoms with E-state index in [9.17, 15) is 13.2 Å². The third kappa shape index (κ3) is 3.15. The smallest absolute Gasteiger partial charge is 0.265 e. The van der Waals surface area contributed by atoms with Crippen LogP contribution in [0, 0.1) is 5.92 Å². The molecule has 3 aromatic rings. The van der Waals surface area contributed by atoms with Crippen LogP contribution in [0.1, 0.15) is 46.7 Å². The van der Waals surface area contributed by atoms with E-state index >= 15 is 0 Å². The Labute approximate surface area is 174 Å². The van der Waals surface area contributed by atoms with Crippen molar-refractivity contribution in [3.05, 3.63) is 89.3 Å². The van der Waals surface area contributed by atoms with Gasteiger partial charge in [0.1, 0.15) is 17.2 Å². The van der Waals surface area contributed by atoms with Gasteiger partial charge < -0.3 is 4.42 Å². The minimum Gasteiger partial charge on any atom is -0.461 e. The number of carbonyl (C=O) groups excluding carboxylic acids is 1. The molecule has 2 atom stereocenters. The van der Waals surface area contributed by atoms with E-state index in [0.29, 0.717) is 17.6 Å². The van der Waals surface area contributed by atoms with Gasteiger partial charge in [-0.2, -0.15) is 0 Å². The molecule has 0 saturated heterocycles. The van der Waals surface area contributed by atoms with Gasteiger partial charge >= 0.3 is 0 Å². The highest BCUT2D eigenvalue weighted by atomic mass is 32.2. The Morgan fingerprint density at radius 1 is 1.13 bits per heavy atom. The summed E-state index contributed by atoms with van der Waals surface area (Å²) in [4.78, 5) is 17.3. The molecule has 30 heavy (non-hydrogen) atoms. The van der Waals surface area contributed by atoms with Crippen LogP contribution in [0.15, 0.2) is 75.9 Å². The highest BCUT2D eigenvalue weighted by Crippen LogP contribution is 2.47. The first-order valence-corrected chi connectivity index (χ1v) is 11.3. The number of hydrogen-bond acceptors (Lipinski definition) is 5. The van der Waals surface area contributed by atoms with E-state index < -0.39 is 10.0 Å². The Morgan fingerprint density at radius 3 is 2.60 bits per heavy atom. The van der Waals surface area contributed by atoms with Crippen molar-refractivity contribution in [2.75, 3.05) is 0 Å². The maximum absolute atomic E-state index is 13.4. The zero-order chi connectivity index (χ0) is 20.9. The third-order valence-electron chi connectivity index (χ3n) is 5.68. The van der Waals surface area contributed by atoms with Crippen LogP contribution in [0.3, 0.4) is 0 Å². The van der Waals surface area contributed by atoms with Crippen LogP contribution in [0.4, 0.5) is 0 Å². The van der Waals surface area contributed by atoms with Crippen molar-refractivity contribution in [2.24, 2.45) is 5.92 Å². The number of sulfonamides is 1. The Balaban J connectivity index is 1.62. The van der Waals surface area contributed by atoms with Crippen molar-refractivity contribution in [3.8, 4) is 0 Å². The summed E-state index contributed by atoms with van der Waals surface area (Å²) in [6, 6.07) is 13.5. The molecular formula is C23H20N2O4S. The van der Waals surface area contributed by atoms with E-state index in [1.807, 2.05) is 6.07 Å². The second kappa shape index (κ2) is 6.95. The second-order valence-corrected chi connectivity index (χ2v) is 9.61. The van der Waals surface area contributed by atoms with E-state index in [1.165, 1.54) is 12.1 Å². The summed E-state index contributed by atoms with van der Waals surface area (Å²) in [6.45, 7) is 2.19. The summed E-state index contributed by atoms with van der Waals surface area (Å²) in [6.07, 6.45) is 5.81. The largest absolute Gasteiger partial charge is 0.461 e. The number of furan rings is 1. The van der Waals surface area contributed by atoms with Crippen LogP contribution < -0.4 is 0 Å². The highest BCUT2D eigenvalue weighted by Gasteiger charge is 2.40. The van der Waals surface area contributed by atoms with Gasteiger partial charge in [-0.05, 0) is 54.3 Å². The number of Topliss-reactive ketones (excluding diaryl/α,β-unsaturated/α-hetero) is 1. The summed E-state index contributed by atoms with van der Waals surface area (Å²) in [5, 5.41) is 0. The van der Waals surface area contributed by atoms with E-state index in [2.05, 4.69) is 11.9 Å². The van der Waals surface area contributed by atoms with Crippen LogP contribution in [-0.4, -0.2) is 23.5 Å². The van der Waals surface area contributed by atoms with Gasteiger partial charge in [0.2, 0.25) is 5.78 Å². The summed E-state index contributed by atoms with van der Waals surface area (Å²) in [5.74, 6) is 2.00. The van der Waals surface area contributed by atoms with Crippen LogP contribution >= 0.6 is 0 Å². The van der Waals surface area contributed by atoms with Crippen LogP contribution in [0.5, 0.6) is 0 Å². The molecule has 1 fully saturated rings. The molecule has 5 rings (SSSR count). The molecule has 1 aliphatic carbocycles. The van der Waals surface area contributed by atoms with Crippen molar-refractivity contribution in [1.82, 2.24) is 9.29 Å². The minimum absolute atomic E-state index is 0.0214. The lowest BCUT2D eigenvalue weighted by Crippen LogP contribution is -2.38. The molecule has 0 bridgehead atoms. The van der Waals surface area contributed by atoms with Gasteiger partial charge in [0.25, 0.3) is 10.0 Å². The van der Waals surface area contributed by atoms with Crippen molar-refractivity contribution >= 4 is 21.9 Å². The second-order valence-electron chi connectivity index (χ2n) is 7.78. The molecule has 7 heteroatoms. The third-order valence-corrected chi connectivity index (χ3v) is 7.50. The lowest BCUT2D eigenvalue weighted by atomic mass is 10.1. The first-order valence-electron chi connectivity index (χ1n) is 9.82. The fourth-order valence-electron chi connectivity index (χ4n) is 3.84. The van der Waals surface area contributed by atoms with Gasteiger partial charge in [-0.15, -0.1) is 0 Å².